The summed E-state index contributed by atoms with van der Waals surface area (Å²) in [6.45, 7) is 13.1. The number of carbonyl (C=O) groups is 1. The smallest absolute Gasteiger partial charge is 0.241 e. The number of ether oxygens (including phenoxy) is 2. The van der Waals surface area contributed by atoms with Crippen LogP contribution < -0.4 is 14.8 Å². The summed E-state index contributed by atoms with van der Waals surface area (Å²) in [5, 5.41) is 3.02. The SMILES string of the molecule is CC(C(=O)Nc1ccc2c(c1)OCO2)N1CCN(CCN2C(C)CCC2C)CC1. The van der Waals surface area contributed by atoms with Gasteiger partial charge >= 0.3 is 0 Å². The largest absolute Gasteiger partial charge is 0.454 e. The molecule has 2 fully saturated rings. The third kappa shape index (κ3) is 4.68. The molecule has 7 nitrogen and oxygen atoms in total. The zero-order valence-electron chi connectivity index (χ0n) is 17.9. The monoisotopic (exact) mass is 402 g/mol. The van der Waals surface area contributed by atoms with E-state index in [1.165, 1.54) is 12.8 Å². The Morgan fingerprint density at radius 3 is 2.48 bits per heavy atom. The first-order chi connectivity index (χ1) is 14.0. The Hall–Kier alpha value is -1.83. The first-order valence-corrected chi connectivity index (χ1v) is 10.9. The molecule has 4 rings (SSSR count). The molecule has 0 aromatic heterocycles. The summed E-state index contributed by atoms with van der Waals surface area (Å²) in [7, 11) is 0. The average Bonchev–Trinajstić information content (AvgIpc) is 3.32. The summed E-state index contributed by atoms with van der Waals surface area (Å²) >= 11 is 0. The molecule has 1 amide bonds. The van der Waals surface area contributed by atoms with Gasteiger partial charge in [-0.25, -0.2) is 0 Å². The summed E-state index contributed by atoms with van der Waals surface area (Å²) in [5.74, 6) is 1.44. The lowest BCUT2D eigenvalue weighted by Gasteiger charge is -2.38. The minimum atomic E-state index is -0.152. The molecular weight excluding hydrogens is 368 g/mol. The van der Waals surface area contributed by atoms with Crippen LogP contribution in [-0.2, 0) is 4.79 Å². The number of fused-ring (bicyclic) bond motifs is 1. The molecule has 1 N–H and O–H groups in total. The number of rotatable bonds is 6. The zero-order valence-corrected chi connectivity index (χ0v) is 17.9. The molecule has 7 heteroatoms. The maximum atomic E-state index is 12.7. The number of likely N-dealkylation sites (tertiary alicyclic amines) is 1. The Morgan fingerprint density at radius 2 is 1.76 bits per heavy atom. The first kappa shape index (κ1) is 20.4. The van der Waals surface area contributed by atoms with E-state index in [0.717, 1.165) is 50.7 Å². The fraction of sp³-hybridized carbons (Fsp3) is 0.682. The Balaban J connectivity index is 1.22. The predicted molar refractivity (Wildman–Crippen MR) is 114 cm³/mol. The van der Waals surface area contributed by atoms with Gasteiger partial charge in [-0.05, 0) is 45.7 Å². The van der Waals surface area contributed by atoms with Gasteiger partial charge in [0.1, 0.15) is 0 Å². The number of nitrogens with one attached hydrogen (secondary N) is 1. The van der Waals surface area contributed by atoms with Crippen molar-refractivity contribution in [1.29, 1.82) is 0 Å². The van der Waals surface area contributed by atoms with E-state index < -0.39 is 0 Å². The Labute approximate surface area is 173 Å². The summed E-state index contributed by atoms with van der Waals surface area (Å²) in [6, 6.07) is 6.80. The van der Waals surface area contributed by atoms with Gasteiger partial charge in [0, 0.05) is 63.1 Å². The van der Waals surface area contributed by atoms with Crippen LogP contribution in [0.3, 0.4) is 0 Å². The lowest BCUT2D eigenvalue weighted by molar-refractivity contribution is -0.121. The Bertz CT molecular complexity index is 710. The second-order valence-electron chi connectivity index (χ2n) is 8.62. The van der Waals surface area contributed by atoms with Gasteiger partial charge in [-0.3, -0.25) is 19.5 Å². The van der Waals surface area contributed by atoms with E-state index >= 15 is 0 Å². The number of nitrogens with zero attached hydrogens (tertiary/aromatic N) is 3. The highest BCUT2D eigenvalue weighted by molar-refractivity contribution is 5.94. The standard InChI is InChI=1S/C22H34N4O3/c1-16-4-5-17(2)26(16)13-10-24-8-11-25(12-9-24)18(3)22(27)23-19-6-7-20-21(14-19)29-15-28-20/h6-7,14,16-18H,4-5,8-13,15H2,1-3H3,(H,23,27). The fourth-order valence-corrected chi connectivity index (χ4v) is 4.71. The van der Waals surface area contributed by atoms with Gasteiger partial charge in [0.05, 0.1) is 6.04 Å². The second-order valence-corrected chi connectivity index (χ2v) is 8.62. The molecule has 0 radical (unpaired) electrons. The highest BCUT2D eigenvalue weighted by Gasteiger charge is 2.29. The number of piperazine rings is 1. The maximum absolute atomic E-state index is 12.7. The summed E-state index contributed by atoms with van der Waals surface area (Å²) < 4.78 is 10.7. The van der Waals surface area contributed by atoms with Crippen molar-refractivity contribution < 1.29 is 14.3 Å². The van der Waals surface area contributed by atoms with Crippen molar-refractivity contribution in [3.05, 3.63) is 18.2 Å². The molecule has 3 atom stereocenters. The van der Waals surface area contributed by atoms with Gasteiger partial charge in [0.25, 0.3) is 0 Å². The summed E-state index contributed by atoms with van der Waals surface area (Å²) in [6.07, 6.45) is 2.65. The maximum Gasteiger partial charge on any atom is 0.241 e. The molecule has 1 aromatic rings. The van der Waals surface area contributed by atoms with Gasteiger partial charge in [-0.2, -0.15) is 0 Å². The fourth-order valence-electron chi connectivity index (χ4n) is 4.71. The van der Waals surface area contributed by atoms with Crippen molar-refractivity contribution in [2.24, 2.45) is 0 Å². The molecule has 2 saturated heterocycles. The molecule has 160 valence electrons. The number of carbonyl (C=O) groups excluding carboxylic acids is 1. The minimum Gasteiger partial charge on any atom is -0.454 e. The van der Waals surface area contributed by atoms with Gasteiger partial charge in [-0.15, -0.1) is 0 Å². The van der Waals surface area contributed by atoms with Crippen LogP contribution in [0.4, 0.5) is 5.69 Å². The molecular formula is C22H34N4O3. The van der Waals surface area contributed by atoms with Gasteiger partial charge < -0.3 is 14.8 Å². The van der Waals surface area contributed by atoms with Crippen molar-refractivity contribution in [3.63, 3.8) is 0 Å². The van der Waals surface area contributed by atoms with Crippen LogP contribution in [0.5, 0.6) is 11.5 Å². The van der Waals surface area contributed by atoms with Gasteiger partial charge in [-0.1, -0.05) is 0 Å². The van der Waals surface area contributed by atoms with Crippen LogP contribution in [0.1, 0.15) is 33.6 Å². The van der Waals surface area contributed by atoms with E-state index in [-0.39, 0.29) is 18.7 Å². The number of hydrogen-bond acceptors (Lipinski definition) is 6. The van der Waals surface area contributed by atoms with Crippen LogP contribution in [0.2, 0.25) is 0 Å². The third-order valence-corrected chi connectivity index (χ3v) is 6.78. The molecule has 1 aromatic carbocycles. The number of hydrogen-bond donors (Lipinski definition) is 1. The number of amides is 1. The van der Waals surface area contributed by atoms with E-state index in [9.17, 15) is 4.79 Å². The van der Waals surface area contributed by atoms with Crippen LogP contribution in [0.25, 0.3) is 0 Å². The molecule has 3 aliphatic rings. The van der Waals surface area contributed by atoms with Crippen molar-refractivity contribution in [2.75, 3.05) is 51.4 Å². The van der Waals surface area contributed by atoms with Crippen molar-refractivity contribution >= 4 is 11.6 Å². The molecule has 0 bridgehead atoms. The summed E-state index contributed by atoms with van der Waals surface area (Å²) in [4.78, 5) is 20.2. The van der Waals surface area contributed by atoms with Crippen molar-refractivity contribution in [3.8, 4) is 11.5 Å². The first-order valence-electron chi connectivity index (χ1n) is 10.9. The number of benzene rings is 1. The lowest BCUT2D eigenvalue weighted by atomic mass is 10.2. The highest BCUT2D eigenvalue weighted by Crippen LogP contribution is 2.34. The molecule has 0 saturated carbocycles. The van der Waals surface area contributed by atoms with E-state index in [4.69, 9.17) is 9.47 Å². The van der Waals surface area contributed by atoms with E-state index in [2.05, 4.69) is 33.9 Å². The molecule has 0 aliphatic carbocycles. The van der Waals surface area contributed by atoms with Crippen LogP contribution in [0.15, 0.2) is 18.2 Å². The lowest BCUT2D eigenvalue weighted by Crippen LogP contribution is -2.54. The quantitative estimate of drug-likeness (QED) is 0.788. The van der Waals surface area contributed by atoms with E-state index in [1.807, 2.05) is 25.1 Å². The average molecular weight is 403 g/mol. The van der Waals surface area contributed by atoms with E-state index in [0.29, 0.717) is 17.8 Å². The van der Waals surface area contributed by atoms with Gasteiger partial charge in [0.2, 0.25) is 12.7 Å². The van der Waals surface area contributed by atoms with E-state index in [1.54, 1.807) is 0 Å². The van der Waals surface area contributed by atoms with Crippen molar-refractivity contribution in [2.45, 2.75) is 51.7 Å². The normalized spacial score (nSPS) is 26.6. The molecule has 3 unspecified atom stereocenters. The third-order valence-electron chi connectivity index (χ3n) is 6.78. The molecule has 0 spiro atoms. The Kier molecular flexibility index (Phi) is 6.27. The predicted octanol–water partition coefficient (Wildman–Crippen LogP) is 2.23. The zero-order chi connectivity index (χ0) is 20.4. The highest BCUT2D eigenvalue weighted by atomic mass is 16.7. The molecule has 3 heterocycles. The number of anilines is 1. The Morgan fingerprint density at radius 1 is 1.07 bits per heavy atom. The minimum absolute atomic E-state index is 0.0250. The summed E-state index contributed by atoms with van der Waals surface area (Å²) in [5.41, 5.74) is 0.749. The van der Waals surface area contributed by atoms with Crippen LogP contribution in [-0.4, -0.2) is 84.8 Å². The topological polar surface area (TPSA) is 57.3 Å². The molecule has 29 heavy (non-hydrogen) atoms. The second kappa shape index (κ2) is 8.90. The van der Waals surface area contributed by atoms with Crippen molar-refractivity contribution in [1.82, 2.24) is 14.7 Å². The molecule has 3 aliphatic heterocycles. The van der Waals surface area contributed by atoms with Crippen LogP contribution in [0, 0.1) is 0 Å². The van der Waals surface area contributed by atoms with Gasteiger partial charge in [0.15, 0.2) is 11.5 Å². The van der Waals surface area contributed by atoms with Crippen LogP contribution >= 0.6 is 0 Å².